The zero-order chi connectivity index (χ0) is 19.2. The summed E-state index contributed by atoms with van der Waals surface area (Å²) >= 11 is 0. The van der Waals surface area contributed by atoms with E-state index in [0.29, 0.717) is 12.1 Å². The summed E-state index contributed by atoms with van der Waals surface area (Å²) < 4.78 is 1.72. The molecule has 0 fully saturated rings. The van der Waals surface area contributed by atoms with Crippen molar-refractivity contribution in [2.75, 3.05) is 11.9 Å². The zero-order valence-corrected chi connectivity index (χ0v) is 14.8. The number of carbonyl (C=O) groups excluding carboxylic acids is 2. The van der Waals surface area contributed by atoms with Crippen molar-refractivity contribution in [2.45, 2.75) is 13.5 Å². The minimum Gasteiger partial charge on any atom is -0.368 e. The summed E-state index contributed by atoms with van der Waals surface area (Å²) in [5, 5.41) is 9.96. The SMILES string of the molecule is Cc1cnn(-c2cccc(NCc3ccc(C(=O)NCC(N)=O)cc3)n2)c1. The van der Waals surface area contributed by atoms with Crippen molar-refractivity contribution >= 4 is 17.6 Å². The van der Waals surface area contributed by atoms with Gasteiger partial charge >= 0.3 is 0 Å². The molecule has 2 aromatic heterocycles. The molecule has 2 heterocycles. The number of nitrogens with one attached hydrogen (secondary N) is 2. The van der Waals surface area contributed by atoms with E-state index in [2.05, 4.69) is 20.7 Å². The summed E-state index contributed by atoms with van der Waals surface area (Å²) in [6, 6.07) is 12.8. The number of aromatic nitrogens is 3. The first-order chi connectivity index (χ1) is 13.0. The Morgan fingerprint density at radius 2 is 1.93 bits per heavy atom. The van der Waals surface area contributed by atoms with Crippen LogP contribution in [0.5, 0.6) is 0 Å². The van der Waals surface area contributed by atoms with Crippen molar-refractivity contribution in [3.05, 3.63) is 71.5 Å². The van der Waals surface area contributed by atoms with Gasteiger partial charge in [-0.05, 0) is 42.3 Å². The predicted molar refractivity (Wildman–Crippen MR) is 101 cm³/mol. The maximum absolute atomic E-state index is 11.9. The highest BCUT2D eigenvalue weighted by Gasteiger charge is 2.06. The molecule has 8 nitrogen and oxygen atoms in total. The van der Waals surface area contributed by atoms with Crippen LogP contribution in [-0.2, 0) is 11.3 Å². The molecule has 138 valence electrons. The molecule has 0 unspecified atom stereocenters. The molecule has 0 aliphatic heterocycles. The molecule has 0 spiro atoms. The second-order valence-electron chi connectivity index (χ2n) is 6.04. The normalized spacial score (nSPS) is 10.4. The van der Waals surface area contributed by atoms with E-state index >= 15 is 0 Å². The van der Waals surface area contributed by atoms with E-state index in [1.165, 1.54) is 0 Å². The monoisotopic (exact) mass is 364 g/mol. The van der Waals surface area contributed by atoms with Crippen LogP contribution in [0.25, 0.3) is 5.82 Å². The highest BCUT2D eigenvalue weighted by molar-refractivity contribution is 5.96. The van der Waals surface area contributed by atoms with E-state index in [1.807, 2.05) is 43.5 Å². The lowest BCUT2D eigenvalue weighted by Crippen LogP contribution is -2.33. The third kappa shape index (κ3) is 4.91. The summed E-state index contributed by atoms with van der Waals surface area (Å²) in [6.07, 6.45) is 3.69. The largest absolute Gasteiger partial charge is 0.368 e. The predicted octanol–water partition coefficient (Wildman–Crippen LogP) is 1.40. The van der Waals surface area contributed by atoms with Crippen LogP contribution in [0.2, 0.25) is 0 Å². The van der Waals surface area contributed by atoms with Crippen LogP contribution in [-0.4, -0.2) is 33.1 Å². The van der Waals surface area contributed by atoms with E-state index in [9.17, 15) is 9.59 Å². The zero-order valence-electron chi connectivity index (χ0n) is 14.8. The van der Waals surface area contributed by atoms with Gasteiger partial charge in [0.2, 0.25) is 5.91 Å². The molecule has 0 saturated heterocycles. The number of nitrogens with two attached hydrogens (primary N) is 1. The molecule has 0 aliphatic rings. The van der Waals surface area contributed by atoms with Crippen LogP contribution in [0.1, 0.15) is 21.5 Å². The number of hydrogen-bond acceptors (Lipinski definition) is 5. The van der Waals surface area contributed by atoms with E-state index in [0.717, 1.165) is 22.8 Å². The lowest BCUT2D eigenvalue weighted by molar-refractivity contribution is -0.117. The molecule has 8 heteroatoms. The summed E-state index contributed by atoms with van der Waals surface area (Å²) in [4.78, 5) is 27.1. The second-order valence-corrected chi connectivity index (χ2v) is 6.04. The molecule has 3 rings (SSSR count). The number of anilines is 1. The Bertz CT molecular complexity index is 949. The van der Waals surface area contributed by atoms with Crippen LogP contribution < -0.4 is 16.4 Å². The van der Waals surface area contributed by atoms with E-state index in [1.54, 1.807) is 23.0 Å². The van der Waals surface area contributed by atoms with Crippen molar-refractivity contribution in [1.82, 2.24) is 20.1 Å². The quantitative estimate of drug-likeness (QED) is 0.586. The van der Waals surface area contributed by atoms with Crippen LogP contribution in [0.15, 0.2) is 54.9 Å². The third-order valence-corrected chi connectivity index (χ3v) is 3.79. The van der Waals surface area contributed by atoms with Crippen molar-refractivity contribution in [3.63, 3.8) is 0 Å². The summed E-state index contributed by atoms with van der Waals surface area (Å²) in [7, 11) is 0. The van der Waals surface area contributed by atoms with Gasteiger partial charge < -0.3 is 16.4 Å². The van der Waals surface area contributed by atoms with Gasteiger partial charge in [0, 0.05) is 18.3 Å². The number of benzene rings is 1. The molecular formula is C19H20N6O2. The van der Waals surface area contributed by atoms with Gasteiger partial charge in [-0.25, -0.2) is 9.67 Å². The average molecular weight is 364 g/mol. The Hall–Kier alpha value is -3.68. The molecule has 1 aromatic carbocycles. The lowest BCUT2D eigenvalue weighted by atomic mass is 10.1. The molecule has 0 radical (unpaired) electrons. The Kier molecular flexibility index (Phi) is 5.46. The maximum atomic E-state index is 11.9. The van der Waals surface area contributed by atoms with E-state index in [4.69, 9.17) is 5.73 Å². The minimum absolute atomic E-state index is 0.181. The third-order valence-electron chi connectivity index (χ3n) is 3.79. The number of carbonyl (C=O) groups is 2. The first kappa shape index (κ1) is 18.1. The molecule has 0 saturated carbocycles. The maximum Gasteiger partial charge on any atom is 0.251 e. The smallest absolute Gasteiger partial charge is 0.251 e. The number of primary amides is 1. The van der Waals surface area contributed by atoms with Gasteiger partial charge in [0.25, 0.3) is 5.91 Å². The Balaban J connectivity index is 1.60. The van der Waals surface area contributed by atoms with Crippen LogP contribution >= 0.6 is 0 Å². The first-order valence-corrected chi connectivity index (χ1v) is 8.39. The molecule has 4 N–H and O–H groups in total. The number of rotatable bonds is 7. The molecule has 0 bridgehead atoms. The van der Waals surface area contributed by atoms with Crippen LogP contribution in [0, 0.1) is 6.92 Å². The van der Waals surface area contributed by atoms with Crippen molar-refractivity contribution in [2.24, 2.45) is 5.73 Å². The van der Waals surface area contributed by atoms with E-state index in [-0.39, 0.29) is 12.5 Å². The lowest BCUT2D eigenvalue weighted by Gasteiger charge is -2.08. The van der Waals surface area contributed by atoms with Crippen molar-refractivity contribution in [3.8, 4) is 5.82 Å². The van der Waals surface area contributed by atoms with Crippen LogP contribution in [0.3, 0.4) is 0 Å². The first-order valence-electron chi connectivity index (χ1n) is 8.39. The number of amides is 2. The molecule has 3 aromatic rings. The van der Waals surface area contributed by atoms with Crippen molar-refractivity contribution in [1.29, 1.82) is 0 Å². The van der Waals surface area contributed by atoms with Gasteiger partial charge in [-0.15, -0.1) is 0 Å². The highest BCUT2D eigenvalue weighted by atomic mass is 16.2. The number of aryl methyl sites for hydroxylation is 1. The summed E-state index contributed by atoms with van der Waals surface area (Å²) in [5.74, 6) is 0.542. The van der Waals surface area contributed by atoms with Gasteiger partial charge in [0.1, 0.15) is 5.82 Å². The fourth-order valence-electron chi connectivity index (χ4n) is 2.42. The number of pyridine rings is 1. The van der Waals surface area contributed by atoms with Gasteiger partial charge in [-0.3, -0.25) is 9.59 Å². The topological polar surface area (TPSA) is 115 Å². The van der Waals surface area contributed by atoms with Gasteiger partial charge in [-0.1, -0.05) is 18.2 Å². The van der Waals surface area contributed by atoms with Crippen LogP contribution in [0.4, 0.5) is 5.82 Å². The standard InChI is InChI=1S/C19H20N6O2/c1-13-9-23-25(12-13)18-4-2-3-17(24-18)21-10-14-5-7-15(8-6-14)19(27)22-11-16(20)26/h2-9,12H,10-11H2,1H3,(H2,20,26)(H,21,24)(H,22,27). The molecular weight excluding hydrogens is 344 g/mol. The Morgan fingerprint density at radius 3 is 2.59 bits per heavy atom. The highest BCUT2D eigenvalue weighted by Crippen LogP contribution is 2.12. The minimum atomic E-state index is -0.579. The summed E-state index contributed by atoms with van der Waals surface area (Å²) in [5.41, 5.74) is 7.53. The number of nitrogens with zero attached hydrogens (tertiary/aromatic N) is 3. The number of hydrogen-bond donors (Lipinski definition) is 3. The Morgan fingerprint density at radius 1 is 1.15 bits per heavy atom. The molecule has 27 heavy (non-hydrogen) atoms. The molecule has 0 atom stereocenters. The fraction of sp³-hybridized carbons (Fsp3) is 0.158. The van der Waals surface area contributed by atoms with Gasteiger partial charge in [0.15, 0.2) is 5.82 Å². The van der Waals surface area contributed by atoms with Crippen molar-refractivity contribution < 1.29 is 9.59 Å². The van der Waals surface area contributed by atoms with Gasteiger partial charge in [0.05, 0.1) is 12.7 Å². The fourth-order valence-corrected chi connectivity index (χ4v) is 2.42. The Labute approximate surface area is 156 Å². The van der Waals surface area contributed by atoms with Gasteiger partial charge in [-0.2, -0.15) is 5.10 Å². The summed E-state index contributed by atoms with van der Waals surface area (Å²) in [6.45, 7) is 2.35. The molecule has 2 amide bonds. The van der Waals surface area contributed by atoms with E-state index < -0.39 is 5.91 Å². The molecule has 0 aliphatic carbocycles. The average Bonchev–Trinajstić information content (AvgIpc) is 3.11. The second kappa shape index (κ2) is 8.13.